The Morgan fingerprint density at radius 2 is 2.00 bits per heavy atom. The van der Waals surface area contributed by atoms with E-state index in [0.717, 1.165) is 19.1 Å². The van der Waals surface area contributed by atoms with E-state index in [9.17, 15) is 0 Å². The van der Waals surface area contributed by atoms with Crippen LogP contribution in [-0.2, 0) is 4.74 Å². The van der Waals surface area contributed by atoms with E-state index >= 15 is 0 Å². The molecule has 1 fully saturated rings. The first kappa shape index (κ1) is 10.0. The molecule has 1 aliphatic carbocycles. The highest BCUT2D eigenvalue weighted by molar-refractivity contribution is 4.70. The molecule has 0 aromatic heterocycles. The highest BCUT2D eigenvalue weighted by Gasteiger charge is 2.16. The molecule has 0 atom stereocenters. The van der Waals surface area contributed by atoms with Gasteiger partial charge in [-0.3, -0.25) is 0 Å². The van der Waals surface area contributed by atoms with Crippen molar-refractivity contribution >= 4 is 0 Å². The molecule has 2 nitrogen and oxygen atoms in total. The maximum atomic E-state index is 5.04. The smallest absolute Gasteiger partial charge is 0.0589 e. The molecule has 0 N–H and O–H groups in total. The van der Waals surface area contributed by atoms with E-state index in [-0.39, 0.29) is 0 Å². The van der Waals surface area contributed by atoms with Gasteiger partial charge in [0, 0.05) is 20.2 Å². The monoisotopic (exact) mass is 171 g/mol. The SMILES string of the molecule is COCCN(C)CC1CCCC1. The largest absolute Gasteiger partial charge is 0.383 e. The van der Waals surface area contributed by atoms with E-state index in [1.54, 1.807) is 7.11 Å². The molecule has 1 aliphatic rings. The number of nitrogens with zero attached hydrogens (tertiary/aromatic N) is 1. The summed E-state index contributed by atoms with van der Waals surface area (Å²) in [6, 6.07) is 0. The Labute approximate surface area is 75.9 Å². The van der Waals surface area contributed by atoms with E-state index in [1.807, 2.05) is 0 Å². The Kier molecular flexibility index (Phi) is 4.62. The zero-order chi connectivity index (χ0) is 8.81. The third kappa shape index (κ3) is 3.55. The molecule has 0 aromatic rings. The van der Waals surface area contributed by atoms with E-state index in [2.05, 4.69) is 11.9 Å². The fraction of sp³-hybridized carbons (Fsp3) is 1.00. The van der Waals surface area contributed by atoms with Gasteiger partial charge in [0.15, 0.2) is 0 Å². The zero-order valence-electron chi connectivity index (χ0n) is 8.38. The molecule has 0 spiro atoms. The van der Waals surface area contributed by atoms with Crippen LogP contribution in [-0.4, -0.2) is 38.8 Å². The minimum atomic E-state index is 0.864. The molecule has 0 unspecified atom stereocenters. The number of rotatable bonds is 5. The van der Waals surface area contributed by atoms with Gasteiger partial charge in [-0.15, -0.1) is 0 Å². The van der Waals surface area contributed by atoms with Crippen LogP contribution in [0.3, 0.4) is 0 Å². The van der Waals surface area contributed by atoms with Crippen LogP contribution in [0.15, 0.2) is 0 Å². The number of methoxy groups -OCH3 is 1. The maximum absolute atomic E-state index is 5.04. The van der Waals surface area contributed by atoms with Crippen LogP contribution in [0.1, 0.15) is 25.7 Å². The van der Waals surface area contributed by atoms with Crippen molar-refractivity contribution in [3.05, 3.63) is 0 Å². The Morgan fingerprint density at radius 1 is 1.33 bits per heavy atom. The third-order valence-electron chi connectivity index (χ3n) is 2.72. The summed E-state index contributed by atoms with van der Waals surface area (Å²) in [6.07, 6.45) is 5.78. The molecular formula is C10H21NO. The molecule has 0 saturated heterocycles. The molecule has 0 heterocycles. The average molecular weight is 171 g/mol. The summed E-state index contributed by atoms with van der Waals surface area (Å²) in [7, 11) is 3.96. The average Bonchev–Trinajstić information content (AvgIpc) is 2.53. The first-order chi connectivity index (χ1) is 5.83. The Bertz CT molecular complexity index is 110. The van der Waals surface area contributed by atoms with Crippen LogP contribution in [0.5, 0.6) is 0 Å². The lowest BCUT2D eigenvalue weighted by molar-refractivity contribution is 0.152. The van der Waals surface area contributed by atoms with Crippen LogP contribution in [0, 0.1) is 5.92 Å². The highest BCUT2D eigenvalue weighted by Crippen LogP contribution is 2.24. The third-order valence-corrected chi connectivity index (χ3v) is 2.72. The fourth-order valence-corrected chi connectivity index (χ4v) is 1.97. The Balaban J connectivity index is 2.03. The van der Waals surface area contributed by atoms with Gasteiger partial charge >= 0.3 is 0 Å². The summed E-state index contributed by atoms with van der Waals surface area (Å²) in [5.41, 5.74) is 0. The number of likely N-dealkylation sites (N-methyl/N-ethyl adjacent to an activating group) is 1. The predicted octanol–water partition coefficient (Wildman–Crippen LogP) is 1.75. The second-order valence-electron chi connectivity index (χ2n) is 3.91. The van der Waals surface area contributed by atoms with Crippen molar-refractivity contribution in [1.29, 1.82) is 0 Å². The molecular weight excluding hydrogens is 150 g/mol. The molecule has 0 aromatic carbocycles. The van der Waals surface area contributed by atoms with Crippen LogP contribution in [0.4, 0.5) is 0 Å². The van der Waals surface area contributed by atoms with Crippen molar-refractivity contribution in [2.45, 2.75) is 25.7 Å². The number of hydrogen-bond donors (Lipinski definition) is 0. The van der Waals surface area contributed by atoms with Crippen LogP contribution in [0.25, 0.3) is 0 Å². The summed E-state index contributed by atoms with van der Waals surface area (Å²) < 4.78 is 5.04. The normalized spacial score (nSPS) is 19.2. The van der Waals surface area contributed by atoms with Crippen LogP contribution in [0.2, 0.25) is 0 Å². The molecule has 1 saturated carbocycles. The minimum Gasteiger partial charge on any atom is -0.383 e. The first-order valence-electron chi connectivity index (χ1n) is 5.00. The topological polar surface area (TPSA) is 12.5 Å². The molecule has 1 rings (SSSR count). The van der Waals surface area contributed by atoms with E-state index in [1.165, 1.54) is 32.2 Å². The van der Waals surface area contributed by atoms with Gasteiger partial charge in [-0.05, 0) is 25.8 Å². The molecule has 0 amide bonds. The van der Waals surface area contributed by atoms with Crippen LogP contribution >= 0.6 is 0 Å². The number of ether oxygens (including phenoxy) is 1. The van der Waals surface area contributed by atoms with Crippen molar-refractivity contribution in [2.24, 2.45) is 5.92 Å². The molecule has 2 heteroatoms. The van der Waals surface area contributed by atoms with Crippen molar-refractivity contribution in [3.63, 3.8) is 0 Å². The Morgan fingerprint density at radius 3 is 2.58 bits per heavy atom. The fourth-order valence-electron chi connectivity index (χ4n) is 1.97. The summed E-state index contributed by atoms with van der Waals surface area (Å²) in [6.45, 7) is 3.21. The molecule has 12 heavy (non-hydrogen) atoms. The van der Waals surface area contributed by atoms with Gasteiger partial charge in [-0.1, -0.05) is 12.8 Å². The lowest BCUT2D eigenvalue weighted by Gasteiger charge is -2.19. The van der Waals surface area contributed by atoms with Gasteiger partial charge in [-0.25, -0.2) is 0 Å². The minimum absolute atomic E-state index is 0.864. The predicted molar refractivity (Wildman–Crippen MR) is 51.3 cm³/mol. The molecule has 0 aliphatic heterocycles. The summed E-state index contributed by atoms with van der Waals surface area (Å²) in [5, 5.41) is 0. The van der Waals surface area contributed by atoms with Gasteiger partial charge in [-0.2, -0.15) is 0 Å². The first-order valence-corrected chi connectivity index (χ1v) is 5.00. The summed E-state index contributed by atoms with van der Waals surface area (Å²) in [5.74, 6) is 0.965. The summed E-state index contributed by atoms with van der Waals surface area (Å²) >= 11 is 0. The van der Waals surface area contributed by atoms with Gasteiger partial charge in [0.25, 0.3) is 0 Å². The zero-order valence-corrected chi connectivity index (χ0v) is 8.38. The van der Waals surface area contributed by atoms with Crippen molar-refractivity contribution in [1.82, 2.24) is 4.90 Å². The van der Waals surface area contributed by atoms with Gasteiger partial charge in [0.1, 0.15) is 0 Å². The molecule has 0 radical (unpaired) electrons. The quantitative estimate of drug-likeness (QED) is 0.625. The van der Waals surface area contributed by atoms with E-state index < -0.39 is 0 Å². The van der Waals surface area contributed by atoms with Crippen LogP contribution < -0.4 is 0 Å². The highest BCUT2D eigenvalue weighted by atomic mass is 16.5. The van der Waals surface area contributed by atoms with Crippen molar-refractivity contribution < 1.29 is 4.74 Å². The Hall–Kier alpha value is -0.0800. The van der Waals surface area contributed by atoms with Crippen molar-refractivity contribution in [2.75, 3.05) is 33.9 Å². The standard InChI is InChI=1S/C10H21NO/c1-11(7-8-12-2)9-10-5-3-4-6-10/h10H,3-9H2,1-2H3. The lowest BCUT2D eigenvalue weighted by atomic mass is 10.1. The maximum Gasteiger partial charge on any atom is 0.0589 e. The van der Waals surface area contributed by atoms with Gasteiger partial charge in [0.05, 0.1) is 6.61 Å². The van der Waals surface area contributed by atoms with E-state index in [0.29, 0.717) is 0 Å². The van der Waals surface area contributed by atoms with Gasteiger partial charge in [0.2, 0.25) is 0 Å². The molecule has 0 bridgehead atoms. The van der Waals surface area contributed by atoms with Gasteiger partial charge < -0.3 is 9.64 Å². The lowest BCUT2D eigenvalue weighted by Crippen LogP contribution is -2.27. The second-order valence-corrected chi connectivity index (χ2v) is 3.91. The number of hydrogen-bond acceptors (Lipinski definition) is 2. The molecule has 72 valence electrons. The van der Waals surface area contributed by atoms with Crippen molar-refractivity contribution in [3.8, 4) is 0 Å². The summed E-state index contributed by atoms with van der Waals surface area (Å²) in [4.78, 5) is 2.39. The van der Waals surface area contributed by atoms with E-state index in [4.69, 9.17) is 4.74 Å². The second kappa shape index (κ2) is 5.55.